The molecule has 2 aliphatic heterocycles. The molecule has 10 heteroatoms. The Balaban J connectivity index is 1.46. The summed E-state index contributed by atoms with van der Waals surface area (Å²) >= 11 is 0. The minimum absolute atomic E-state index is 0.00393. The molecule has 0 radical (unpaired) electrons. The summed E-state index contributed by atoms with van der Waals surface area (Å²) in [7, 11) is 1.69. The Kier molecular flexibility index (Phi) is 9.53. The highest BCUT2D eigenvalue weighted by molar-refractivity contribution is 5.91. The number of nitrogens with one attached hydrogen (secondary N) is 1. The summed E-state index contributed by atoms with van der Waals surface area (Å²) in [5, 5.41) is 6.01. The molecule has 2 aromatic rings. The molecule has 0 aromatic heterocycles. The number of urea groups is 1. The third-order valence-electron chi connectivity index (χ3n) is 7.23. The number of amides is 4. The van der Waals surface area contributed by atoms with Gasteiger partial charge in [0.1, 0.15) is 18.0 Å². The van der Waals surface area contributed by atoms with Gasteiger partial charge in [0.15, 0.2) is 0 Å². The first-order chi connectivity index (χ1) is 18.8. The number of halogens is 1. The zero-order valence-corrected chi connectivity index (χ0v) is 22.9. The summed E-state index contributed by atoms with van der Waals surface area (Å²) in [4.78, 5) is 43.4. The number of likely N-dealkylation sites (N-methyl/N-ethyl adjacent to an activating group) is 1. The molecule has 9 nitrogen and oxygen atoms in total. The fourth-order valence-corrected chi connectivity index (χ4v) is 5.09. The second-order valence-corrected chi connectivity index (χ2v) is 10.2. The lowest BCUT2D eigenvalue weighted by Gasteiger charge is -2.54. The number of nitrogens with zero attached hydrogens (tertiary/aromatic N) is 4. The van der Waals surface area contributed by atoms with E-state index in [2.05, 4.69) is 5.32 Å². The standard InChI is InChI=1S/C29H38FN5O4/c1-4-5-6-25-28(37)33(15-16-39-20-23-9-7-21(2)8-10-23)18-26-34(25)27(36)19-32(3)35(26)29(38)31-17-22-11-13-24(30)14-12-22/h7-14,25-26H,4-6,15-20H2,1-3H3,(H,31,38)/t25-,26-/m0/s1. The van der Waals surface area contributed by atoms with Gasteiger partial charge in [0.25, 0.3) is 0 Å². The second kappa shape index (κ2) is 13.0. The van der Waals surface area contributed by atoms with Crippen molar-refractivity contribution in [3.8, 4) is 0 Å². The lowest BCUT2D eigenvalue weighted by molar-refractivity contribution is -0.188. The summed E-state index contributed by atoms with van der Waals surface area (Å²) < 4.78 is 19.1. The third kappa shape index (κ3) is 6.93. The Hall–Kier alpha value is -3.50. The van der Waals surface area contributed by atoms with Crippen LogP contribution in [0.15, 0.2) is 48.5 Å². The molecule has 2 aromatic carbocycles. The van der Waals surface area contributed by atoms with Crippen LogP contribution in [0.3, 0.4) is 0 Å². The van der Waals surface area contributed by atoms with Gasteiger partial charge in [-0.25, -0.2) is 19.2 Å². The van der Waals surface area contributed by atoms with Crippen LogP contribution in [0.4, 0.5) is 9.18 Å². The molecule has 2 aliphatic rings. The number of hydrogen-bond acceptors (Lipinski definition) is 5. The fraction of sp³-hybridized carbons (Fsp3) is 0.483. The number of aryl methyl sites for hydroxylation is 1. The van der Waals surface area contributed by atoms with E-state index in [1.54, 1.807) is 34.0 Å². The number of carbonyl (C=O) groups is 3. The maximum atomic E-state index is 13.5. The van der Waals surface area contributed by atoms with Crippen molar-refractivity contribution in [1.29, 1.82) is 0 Å². The van der Waals surface area contributed by atoms with E-state index in [1.165, 1.54) is 22.7 Å². The molecular weight excluding hydrogens is 501 g/mol. The Morgan fingerprint density at radius 2 is 1.77 bits per heavy atom. The van der Waals surface area contributed by atoms with E-state index in [0.717, 1.165) is 24.0 Å². The van der Waals surface area contributed by atoms with Crippen LogP contribution in [0.1, 0.15) is 42.9 Å². The van der Waals surface area contributed by atoms with Crippen molar-refractivity contribution >= 4 is 17.8 Å². The first kappa shape index (κ1) is 28.5. The van der Waals surface area contributed by atoms with Gasteiger partial charge in [0.2, 0.25) is 11.8 Å². The van der Waals surface area contributed by atoms with Crippen LogP contribution in [0.5, 0.6) is 0 Å². The van der Waals surface area contributed by atoms with E-state index in [1.807, 2.05) is 38.1 Å². The molecule has 4 rings (SSSR count). The highest BCUT2D eigenvalue weighted by atomic mass is 19.1. The molecule has 2 atom stereocenters. The number of hydrogen-bond donors (Lipinski definition) is 1. The molecule has 1 N–H and O–H groups in total. The van der Waals surface area contributed by atoms with Crippen LogP contribution < -0.4 is 5.32 Å². The topological polar surface area (TPSA) is 85.4 Å². The normalized spacial score (nSPS) is 19.8. The van der Waals surface area contributed by atoms with E-state index in [-0.39, 0.29) is 43.3 Å². The predicted octanol–water partition coefficient (Wildman–Crippen LogP) is 3.28. The summed E-state index contributed by atoms with van der Waals surface area (Å²) in [5.74, 6) is -0.624. The molecule has 0 spiro atoms. The average molecular weight is 540 g/mol. The minimum Gasteiger partial charge on any atom is -0.375 e. The van der Waals surface area contributed by atoms with Crippen LogP contribution in [-0.2, 0) is 27.5 Å². The van der Waals surface area contributed by atoms with Gasteiger partial charge in [-0.2, -0.15) is 0 Å². The van der Waals surface area contributed by atoms with Crippen molar-refractivity contribution in [3.05, 3.63) is 71.0 Å². The van der Waals surface area contributed by atoms with Crippen molar-refractivity contribution in [2.75, 3.05) is 33.3 Å². The van der Waals surface area contributed by atoms with Crippen LogP contribution in [0.25, 0.3) is 0 Å². The van der Waals surface area contributed by atoms with Gasteiger partial charge in [-0.1, -0.05) is 61.7 Å². The van der Waals surface area contributed by atoms with E-state index in [0.29, 0.717) is 26.2 Å². The van der Waals surface area contributed by atoms with E-state index < -0.39 is 12.2 Å². The Morgan fingerprint density at radius 3 is 2.46 bits per heavy atom. The summed E-state index contributed by atoms with van der Waals surface area (Å²) in [6.45, 7) is 5.61. The van der Waals surface area contributed by atoms with Gasteiger partial charge in [-0.05, 0) is 36.6 Å². The summed E-state index contributed by atoms with van der Waals surface area (Å²) in [5.41, 5.74) is 2.99. The van der Waals surface area contributed by atoms with E-state index in [9.17, 15) is 18.8 Å². The van der Waals surface area contributed by atoms with Gasteiger partial charge < -0.3 is 19.9 Å². The number of hydrazine groups is 1. The van der Waals surface area contributed by atoms with E-state index in [4.69, 9.17) is 4.74 Å². The average Bonchev–Trinajstić information content (AvgIpc) is 2.91. The van der Waals surface area contributed by atoms with Gasteiger partial charge in [-0.3, -0.25) is 9.59 Å². The molecule has 0 saturated carbocycles. The van der Waals surface area contributed by atoms with Gasteiger partial charge in [0.05, 0.1) is 26.3 Å². The molecule has 0 unspecified atom stereocenters. The minimum atomic E-state index is -0.638. The van der Waals surface area contributed by atoms with Gasteiger partial charge in [0, 0.05) is 20.1 Å². The maximum absolute atomic E-state index is 13.5. The quantitative estimate of drug-likeness (QED) is 0.469. The lowest BCUT2D eigenvalue weighted by atomic mass is 10.0. The number of ether oxygens (including phenoxy) is 1. The zero-order chi connectivity index (χ0) is 27.9. The van der Waals surface area contributed by atoms with Crippen LogP contribution >= 0.6 is 0 Å². The molecule has 0 aliphatic carbocycles. The monoisotopic (exact) mass is 539 g/mol. The molecule has 4 amide bonds. The lowest BCUT2D eigenvalue weighted by Crippen LogP contribution is -2.76. The fourth-order valence-electron chi connectivity index (χ4n) is 5.09. The molecule has 2 heterocycles. The Labute approximate surface area is 229 Å². The molecule has 39 heavy (non-hydrogen) atoms. The second-order valence-electron chi connectivity index (χ2n) is 10.2. The Morgan fingerprint density at radius 1 is 1.08 bits per heavy atom. The number of piperazine rings is 1. The molecule has 210 valence electrons. The molecule has 2 fully saturated rings. The number of benzene rings is 2. The van der Waals surface area contributed by atoms with Crippen LogP contribution in [0.2, 0.25) is 0 Å². The largest absolute Gasteiger partial charge is 0.375 e. The third-order valence-corrected chi connectivity index (χ3v) is 7.23. The number of fused-ring (bicyclic) bond motifs is 1. The highest BCUT2D eigenvalue weighted by Crippen LogP contribution is 2.28. The summed E-state index contributed by atoms with van der Waals surface area (Å²) in [6, 6.07) is 13.0. The first-order valence-corrected chi connectivity index (χ1v) is 13.5. The smallest absolute Gasteiger partial charge is 0.334 e. The van der Waals surface area contributed by atoms with E-state index >= 15 is 0 Å². The summed E-state index contributed by atoms with van der Waals surface area (Å²) in [6.07, 6.45) is 1.57. The van der Waals surface area contributed by atoms with Crippen molar-refractivity contribution in [2.24, 2.45) is 0 Å². The maximum Gasteiger partial charge on any atom is 0.334 e. The van der Waals surface area contributed by atoms with Gasteiger partial charge in [-0.15, -0.1) is 0 Å². The number of unbranched alkanes of at least 4 members (excludes halogenated alkanes) is 1. The van der Waals surface area contributed by atoms with Crippen LogP contribution in [-0.4, -0.2) is 83.2 Å². The zero-order valence-electron chi connectivity index (χ0n) is 22.9. The number of carbonyl (C=O) groups excluding carboxylic acids is 3. The first-order valence-electron chi connectivity index (χ1n) is 13.5. The Bertz CT molecular complexity index is 1140. The van der Waals surface area contributed by atoms with Crippen LogP contribution in [0, 0.1) is 12.7 Å². The van der Waals surface area contributed by atoms with Crippen molar-refractivity contribution in [1.82, 2.24) is 25.1 Å². The SMILES string of the molecule is CCCC[C@H]1C(=O)N(CCOCc2ccc(C)cc2)C[C@H]2N1C(=O)CN(C)N2C(=O)NCc1ccc(F)cc1. The molecule has 0 bridgehead atoms. The van der Waals surface area contributed by atoms with Crippen molar-refractivity contribution in [3.63, 3.8) is 0 Å². The number of rotatable bonds is 10. The molecule has 2 saturated heterocycles. The highest BCUT2D eigenvalue weighted by Gasteiger charge is 2.50. The predicted molar refractivity (Wildman–Crippen MR) is 144 cm³/mol. The van der Waals surface area contributed by atoms with Crippen molar-refractivity contribution in [2.45, 2.75) is 58.5 Å². The van der Waals surface area contributed by atoms with Gasteiger partial charge >= 0.3 is 6.03 Å². The van der Waals surface area contributed by atoms with Crippen molar-refractivity contribution < 1.29 is 23.5 Å². The molecular formula is C29H38FN5O4.